The van der Waals surface area contributed by atoms with Gasteiger partial charge in [0.1, 0.15) is 36.9 Å². The summed E-state index contributed by atoms with van der Waals surface area (Å²) in [5.41, 5.74) is 5.31. The van der Waals surface area contributed by atoms with Crippen LogP contribution in [0.2, 0.25) is 0 Å². The third-order valence-corrected chi connectivity index (χ3v) is 6.82. The van der Waals surface area contributed by atoms with Crippen LogP contribution in [-0.4, -0.2) is 38.6 Å². The van der Waals surface area contributed by atoms with Crippen molar-refractivity contribution >= 4 is 0 Å². The summed E-state index contributed by atoms with van der Waals surface area (Å²) in [5, 5.41) is 0. The van der Waals surface area contributed by atoms with E-state index in [0.29, 0.717) is 13.2 Å². The van der Waals surface area contributed by atoms with Crippen molar-refractivity contribution in [2.75, 3.05) is 26.4 Å². The molecule has 2 atom stereocenters. The van der Waals surface area contributed by atoms with Crippen molar-refractivity contribution < 1.29 is 18.9 Å². The van der Waals surface area contributed by atoms with Gasteiger partial charge < -0.3 is 18.9 Å². The van der Waals surface area contributed by atoms with Crippen molar-refractivity contribution in [1.29, 1.82) is 0 Å². The number of aryl methyl sites for hydroxylation is 2. The Kier molecular flexibility index (Phi) is 5.46. The first-order valence-electron chi connectivity index (χ1n) is 11.4. The predicted molar refractivity (Wildman–Crippen MR) is 117 cm³/mol. The minimum absolute atomic E-state index is 0.0734. The second-order valence-corrected chi connectivity index (χ2v) is 9.14. The maximum atomic E-state index is 5.98. The molecule has 0 radical (unpaired) electrons. The molecule has 2 heterocycles. The minimum atomic E-state index is 0.0734. The Balaban J connectivity index is 1.42. The smallest absolute Gasteiger partial charge is 0.122 e. The SMILES string of the molecule is Cc1cc(C2(c3ccc(OCC4CO4)c(C)c3)CCCCC2)ccc1OCC1CO1. The molecule has 1 saturated carbocycles. The van der Waals surface area contributed by atoms with Gasteiger partial charge in [0.15, 0.2) is 0 Å². The summed E-state index contributed by atoms with van der Waals surface area (Å²) in [6, 6.07) is 13.6. The molecule has 0 spiro atoms. The predicted octanol–water partition coefficient (Wildman–Crippen LogP) is 5.11. The first-order valence-corrected chi connectivity index (χ1v) is 11.4. The zero-order valence-corrected chi connectivity index (χ0v) is 18.1. The van der Waals surface area contributed by atoms with Crippen LogP contribution in [0.15, 0.2) is 36.4 Å². The molecule has 5 rings (SSSR count). The topological polar surface area (TPSA) is 43.5 Å². The summed E-state index contributed by atoms with van der Waals surface area (Å²) in [7, 11) is 0. The van der Waals surface area contributed by atoms with Crippen LogP contribution >= 0.6 is 0 Å². The fourth-order valence-electron chi connectivity index (χ4n) is 4.81. The van der Waals surface area contributed by atoms with Gasteiger partial charge in [0.25, 0.3) is 0 Å². The monoisotopic (exact) mass is 408 g/mol. The van der Waals surface area contributed by atoms with E-state index in [2.05, 4.69) is 50.2 Å². The van der Waals surface area contributed by atoms with Crippen molar-refractivity contribution in [3.8, 4) is 11.5 Å². The van der Waals surface area contributed by atoms with Gasteiger partial charge in [0.2, 0.25) is 0 Å². The fourth-order valence-corrected chi connectivity index (χ4v) is 4.81. The van der Waals surface area contributed by atoms with Crippen LogP contribution in [0.5, 0.6) is 11.5 Å². The Hall–Kier alpha value is -2.04. The molecule has 4 nitrogen and oxygen atoms in total. The number of hydrogen-bond donors (Lipinski definition) is 0. The molecule has 2 aliphatic heterocycles. The highest BCUT2D eigenvalue weighted by molar-refractivity contribution is 5.48. The Morgan fingerprint density at radius 1 is 0.767 bits per heavy atom. The molecule has 3 fully saturated rings. The van der Waals surface area contributed by atoms with E-state index in [9.17, 15) is 0 Å². The molecule has 2 aromatic rings. The highest BCUT2D eigenvalue weighted by atomic mass is 16.6. The first kappa shape index (κ1) is 19.9. The van der Waals surface area contributed by atoms with E-state index in [4.69, 9.17) is 18.9 Å². The minimum Gasteiger partial charge on any atom is -0.491 e. The largest absolute Gasteiger partial charge is 0.491 e. The van der Waals surface area contributed by atoms with Crippen molar-refractivity contribution in [2.24, 2.45) is 0 Å². The van der Waals surface area contributed by atoms with Gasteiger partial charge in [-0.3, -0.25) is 0 Å². The molecule has 160 valence electrons. The van der Waals surface area contributed by atoms with Gasteiger partial charge in [0.05, 0.1) is 13.2 Å². The van der Waals surface area contributed by atoms with Crippen molar-refractivity contribution in [2.45, 2.75) is 63.6 Å². The van der Waals surface area contributed by atoms with E-state index in [1.807, 2.05) is 0 Å². The van der Waals surface area contributed by atoms with Crippen LogP contribution in [0.25, 0.3) is 0 Å². The molecule has 0 bridgehead atoms. The van der Waals surface area contributed by atoms with E-state index in [1.54, 1.807) is 0 Å². The van der Waals surface area contributed by atoms with Crippen LogP contribution in [0.1, 0.15) is 54.4 Å². The Morgan fingerprint density at radius 3 is 1.63 bits per heavy atom. The van der Waals surface area contributed by atoms with Crippen LogP contribution in [0.4, 0.5) is 0 Å². The molecule has 0 aromatic heterocycles. The zero-order chi connectivity index (χ0) is 20.6. The molecule has 1 aliphatic carbocycles. The van der Waals surface area contributed by atoms with Gasteiger partial charge in [-0.15, -0.1) is 0 Å². The van der Waals surface area contributed by atoms with E-state index in [-0.39, 0.29) is 17.6 Å². The lowest BCUT2D eigenvalue weighted by Gasteiger charge is -2.39. The molecule has 2 aromatic carbocycles. The van der Waals surface area contributed by atoms with Gasteiger partial charge >= 0.3 is 0 Å². The Bertz CT molecular complexity index is 824. The third-order valence-electron chi connectivity index (χ3n) is 6.82. The van der Waals surface area contributed by atoms with E-state index in [1.165, 1.54) is 54.4 Å². The molecule has 4 heteroatoms. The van der Waals surface area contributed by atoms with Crippen LogP contribution in [-0.2, 0) is 14.9 Å². The number of rotatable bonds is 8. The Morgan fingerprint density at radius 2 is 1.23 bits per heavy atom. The molecule has 30 heavy (non-hydrogen) atoms. The number of epoxide rings is 2. The van der Waals surface area contributed by atoms with Gasteiger partial charge in [0, 0.05) is 5.41 Å². The number of ether oxygens (including phenoxy) is 4. The van der Waals surface area contributed by atoms with Crippen LogP contribution in [0.3, 0.4) is 0 Å². The first-order chi connectivity index (χ1) is 14.6. The van der Waals surface area contributed by atoms with Crippen molar-refractivity contribution in [3.63, 3.8) is 0 Å². The molecular weight excluding hydrogens is 376 g/mol. The van der Waals surface area contributed by atoms with Gasteiger partial charge in [-0.2, -0.15) is 0 Å². The lowest BCUT2D eigenvalue weighted by Crippen LogP contribution is -2.30. The molecule has 0 amide bonds. The average molecular weight is 409 g/mol. The molecule has 2 unspecified atom stereocenters. The maximum absolute atomic E-state index is 5.98. The summed E-state index contributed by atoms with van der Waals surface area (Å²) in [6.07, 6.45) is 6.81. The standard InChI is InChI=1S/C26H32O4/c1-18-12-20(6-8-24(18)29-16-22-14-27-22)26(10-4-3-5-11-26)21-7-9-25(19(2)13-21)30-17-23-15-28-23/h6-9,12-13,22-23H,3-5,10-11,14-17H2,1-2H3. The van der Waals surface area contributed by atoms with Gasteiger partial charge in [-0.05, 0) is 61.1 Å². The van der Waals surface area contributed by atoms with Crippen molar-refractivity contribution in [1.82, 2.24) is 0 Å². The maximum Gasteiger partial charge on any atom is 0.122 e. The summed E-state index contributed by atoms with van der Waals surface area (Å²) in [5.74, 6) is 1.95. The molecule has 0 N–H and O–H groups in total. The zero-order valence-electron chi connectivity index (χ0n) is 18.1. The lowest BCUT2D eigenvalue weighted by molar-refractivity contribution is 0.261. The van der Waals surface area contributed by atoms with E-state index < -0.39 is 0 Å². The van der Waals surface area contributed by atoms with E-state index in [0.717, 1.165) is 24.7 Å². The average Bonchev–Trinajstić information content (AvgIpc) is 3.68. The summed E-state index contributed by atoms with van der Waals surface area (Å²) in [6.45, 7) is 7.27. The normalized spacial score (nSPS) is 24.3. The highest BCUT2D eigenvalue weighted by Crippen LogP contribution is 2.46. The quantitative estimate of drug-likeness (QED) is 0.570. The molecular formula is C26H32O4. The third kappa shape index (κ3) is 4.21. The fraction of sp³-hybridized carbons (Fsp3) is 0.538. The van der Waals surface area contributed by atoms with Crippen molar-refractivity contribution in [3.05, 3.63) is 58.7 Å². The lowest BCUT2D eigenvalue weighted by atomic mass is 9.65. The van der Waals surface area contributed by atoms with Crippen LogP contribution < -0.4 is 9.47 Å². The molecule has 2 saturated heterocycles. The van der Waals surface area contributed by atoms with Gasteiger partial charge in [-0.1, -0.05) is 43.5 Å². The summed E-state index contributed by atoms with van der Waals surface area (Å²) < 4.78 is 22.5. The number of hydrogen-bond acceptors (Lipinski definition) is 4. The summed E-state index contributed by atoms with van der Waals surface area (Å²) in [4.78, 5) is 0. The second kappa shape index (κ2) is 8.24. The summed E-state index contributed by atoms with van der Waals surface area (Å²) >= 11 is 0. The van der Waals surface area contributed by atoms with E-state index >= 15 is 0 Å². The van der Waals surface area contributed by atoms with Gasteiger partial charge in [-0.25, -0.2) is 0 Å². The van der Waals surface area contributed by atoms with Crippen LogP contribution in [0, 0.1) is 13.8 Å². The highest BCUT2D eigenvalue weighted by Gasteiger charge is 2.36. The molecule has 3 aliphatic rings. The number of benzene rings is 2. The second-order valence-electron chi connectivity index (χ2n) is 9.14. The Labute approximate surface area is 179 Å².